The second-order valence-electron chi connectivity index (χ2n) is 6.27. The van der Waals surface area contributed by atoms with Crippen LogP contribution in [0.15, 0.2) is 47.0 Å². The number of benzene rings is 2. The number of rotatable bonds is 5. The maximum absolute atomic E-state index is 12.8. The summed E-state index contributed by atoms with van der Waals surface area (Å²) in [5.74, 6) is 1.99. The first-order chi connectivity index (χ1) is 13.1. The van der Waals surface area contributed by atoms with Gasteiger partial charge in [0.1, 0.15) is 6.54 Å². The fourth-order valence-corrected chi connectivity index (χ4v) is 2.84. The Kier molecular flexibility index (Phi) is 4.50. The fourth-order valence-electron chi connectivity index (χ4n) is 2.84. The van der Waals surface area contributed by atoms with Crippen molar-refractivity contribution < 1.29 is 18.8 Å². The van der Waals surface area contributed by atoms with E-state index in [2.05, 4.69) is 10.1 Å². The van der Waals surface area contributed by atoms with Gasteiger partial charge < -0.3 is 18.9 Å². The summed E-state index contributed by atoms with van der Waals surface area (Å²) in [4.78, 5) is 18.9. The Bertz CT molecular complexity index is 966. The zero-order valence-corrected chi connectivity index (χ0v) is 15.1. The third kappa shape index (κ3) is 3.48. The second kappa shape index (κ2) is 7.11. The molecule has 0 spiro atoms. The molecule has 27 heavy (non-hydrogen) atoms. The first kappa shape index (κ1) is 17.1. The third-order valence-electron chi connectivity index (χ3n) is 4.39. The molecule has 4 rings (SSSR count). The van der Waals surface area contributed by atoms with Gasteiger partial charge in [-0.25, -0.2) is 0 Å². The van der Waals surface area contributed by atoms with Gasteiger partial charge in [-0.15, -0.1) is 0 Å². The lowest BCUT2D eigenvalue weighted by Gasteiger charge is -2.18. The maximum Gasteiger partial charge on any atom is 0.254 e. The summed E-state index contributed by atoms with van der Waals surface area (Å²) in [7, 11) is 0. The van der Waals surface area contributed by atoms with Crippen LogP contribution in [0.2, 0.25) is 0 Å². The van der Waals surface area contributed by atoms with Crippen LogP contribution in [0.5, 0.6) is 11.5 Å². The van der Waals surface area contributed by atoms with Gasteiger partial charge in [0.15, 0.2) is 11.5 Å². The molecule has 0 saturated carbocycles. The number of aryl methyl sites for hydroxylation is 1. The van der Waals surface area contributed by atoms with Gasteiger partial charge in [-0.05, 0) is 32.0 Å². The van der Waals surface area contributed by atoms with E-state index in [1.54, 1.807) is 23.1 Å². The molecule has 0 radical (unpaired) electrons. The van der Waals surface area contributed by atoms with E-state index in [9.17, 15) is 4.79 Å². The molecule has 0 fully saturated rings. The zero-order valence-electron chi connectivity index (χ0n) is 15.1. The van der Waals surface area contributed by atoms with Crippen molar-refractivity contribution >= 4 is 5.91 Å². The smallest absolute Gasteiger partial charge is 0.254 e. The quantitative estimate of drug-likeness (QED) is 0.689. The van der Waals surface area contributed by atoms with Gasteiger partial charge in [0, 0.05) is 17.7 Å². The molecule has 7 nitrogen and oxygen atoms in total. The van der Waals surface area contributed by atoms with Crippen LogP contribution < -0.4 is 9.47 Å². The number of carbonyl (C=O) groups excluding carboxylic acids is 1. The monoisotopic (exact) mass is 365 g/mol. The zero-order chi connectivity index (χ0) is 18.8. The minimum Gasteiger partial charge on any atom is -0.454 e. The molecule has 2 aromatic carbocycles. The van der Waals surface area contributed by atoms with E-state index in [4.69, 9.17) is 14.0 Å². The number of aromatic nitrogens is 2. The van der Waals surface area contributed by atoms with E-state index >= 15 is 0 Å². The minimum atomic E-state index is -0.133. The van der Waals surface area contributed by atoms with Crippen molar-refractivity contribution in [2.75, 3.05) is 13.3 Å². The van der Waals surface area contributed by atoms with Crippen molar-refractivity contribution in [1.29, 1.82) is 0 Å². The summed E-state index contributed by atoms with van der Waals surface area (Å²) in [5, 5.41) is 4.02. The topological polar surface area (TPSA) is 77.7 Å². The van der Waals surface area contributed by atoms with Gasteiger partial charge in [0.25, 0.3) is 5.91 Å². The lowest BCUT2D eigenvalue weighted by Crippen LogP contribution is -2.30. The molecule has 3 aromatic rings. The van der Waals surface area contributed by atoms with Crippen LogP contribution in [0.3, 0.4) is 0 Å². The van der Waals surface area contributed by atoms with E-state index < -0.39 is 0 Å². The Morgan fingerprint density at radius 2 is 1.89 bits per heavy atom. The van der Waals surface area contributed by atoms with Crippen LogP contribution >= 0.6 is 0 Å². The van der Waals surface area contributed by atoms with Crippen molar-refractivity contribution in [2.45, 2.75) is 20.4 Å². The number of hydrogen-bond donors (Lipinski definition) is 0. The molecule has 0 N–H and O–H groups in total. The first-order valence-electron chi connectivity index (χ1n) is 8.72. The maximum atomic E-state index is 12.8. The molecule has 1 aromatic heterocycles. The minimum absolute atomic E-state index is 0.133. The molecule has 0 saturated heterocycles. The normalized spacial score (nSPS) is 12.2. The van der Waals surface area contributed by atoms with Crippen molar-refractivity contribution in [1.82, 2.24) is 15.0 Å². The number of hydrogen-bond acceptors (Lipinski definition) is 6. The van der Waals surface area contributed by atoms with Gasteiger partial charge >= 0.3 is 0 Å². The highest BCUT2D eigenvalue weighted by molar-refractivity contribution is 5.94. The number of ether oxygens (including phenoxy) is 2. The fraction of sp³-hybridized carbons (Fsp3) is 0.250. The van der Waals surface area contributed by atoms with E-state index in [0.29, 0.717) is 35.3 Å². The number of fused-ring (bicyclic) bond motifs is 1. The highest BCUT2D eigenvalue weighted by Crippen LogP contribution is 2.32. The average Bonchev–Trinajstić information content (AvgIpc) is 3.35. The Labute approximate surface area is 156 Å². The number of nitrogens with zero attached hydrogens (tertiary/aromatic N) is 3. The van der Waals surface area contributed by atoms with Crippen LogP contribution in [-0.2, 0) is 6.54 Å². The molecule has 0 bridgehead atoms. The van der Waals surface area contributed by atoms with Crippen molar-refractivity contribution in [3.8, 4) is 22.9 Å². The summed E-state index contributed by atoms with van der Waals surface area (Å²) >= 11 is 0. The highest BCUT2D eigenvalue weighted by atomic mass is 16.7. The Morgan fingerprint density at radius 1 is 1.11 bits per heavy atom. The Morgan fingerprint density at radius 3 is 2.67 bits per heavy atom. The predicted molar refractivity (Wildman–Crippen MR) is 97.5 cm³/mol. The van der Waals surface area contributed by atoms with Crippen molar-refractivity contribution in [2.24, 2.45) is 0 Å². The van der Waals surface area contributed by atoms with E-state index in [0.717, 1.165) is 11.1 Å². The molecular formula is C20H19N3O4. The molecular weight excluding hydrogens is 346 g/mol. The van der Waals surface area contributed by atoms with Crippen LogP contribution in [0.25, 0.3) is 11.4 Å². The molecule has 1 amide bonds. The van der Waals surface area contributed by atoms with Crippen LogP contribution in [-0.4, -0.2) is 34.3 Å². The predicted octanol–water partition coefficient (Wildman–Crippen LogP) is 3.44. The van der Waals surface area contributed by atoms with E-state index in [-0.39, 0.29) is 19.2 Å². The van der Waals surface area contributed by atoms with Gasteiger partial charge in [-0.1, -0.05) is 35.0 Å². The molecule has 0 aliphatic carbocycles. The molecule has 0 unspecified atom stereocenters. The largest absolute Gasteiger partial charge is 0.454 e. The summed E-state index contributed by atoms with van der Waals surface area (Å²) in [6.45, 7) is 4.85. The van der Waals surface area contributed by atoms with Gasteiger partial charge in [0.05, 0.1) is 0 Å². The Balaban J connectivity index is 1.50. The lowest BCUT2D eigenvalue weighted by molar-refractivity contribution is 0.0734. The average molecular weight is 365 g/mol. The lowest BCUT2D eigenvalue weighted by atomic mass is 10.1. The van der Waals surface area contributed by atoms with Crippen LogP contribution in [0.4, 0.5) is 0 Å². The van der Waals surface area contributed by atoms with Crippen LogP contribution in [0, 0.1) is 6.92 Å². The van der Waals surface area contributed by atoms with Crippen LogP contribution in [0.1, 0.15) is 28.7 Å². The summed E-state index contributed by atoms with van der Waals surface area (Å²) < 4.78 is 16.0. The number of carbonyl (C=O) groups is 1. The molecule has 1 aliphatic rings. The van der Waals surface area contributed by atoms with E-state index in [1.165, 1.54) is 0 Å². The standard InChI is InChI=1S/C20H19N3O4/c1-3-23(20(24)15-8-9-16-17(10-15)26-12-25-16)11-18-21-19(22-27-18)14-6-4-13(2)5-7-14/h4-10H,3,11-12H2,1-2H3. The Hall–Kier alpha value is -3.35. The third-order valence-corrected chi connectivity index (χ3v) is 4.39. The van der Waals surface area contributed by atoms with Crippen molar-refractivity contribution in [3.63, 3.8) is 0 Å². The molecule has 2 heterocycles. The summed E-state index contributed by atoms with van der Waals surface area (Å²) in [6, 6.07) is 13.0. The van der Waals surface area contributed by atoms with Gasteiger partial charge in [-0.3, -0.25) is 4.79 Å². The molecule has 138 valence electrons. The first-order valence-corrected chi connectivity index (χ1v) is 8.72. The highest BCUT2D eigenvalue weighted by Gasteiger charge is 2.21. The molecule has 0 atom stereocenters. The molecule has 1 aliphatic heterocycles. The van der Waals surface area contributed by atoms with Gasteiger partial charge in [0.2, 0.25) is 18.5 Å². The summed E-state index contributed by atoms with van der Waals surface area (Å²) in [5.41, 5.74) is 2.56. The summed E-state index contributed by atoms with van der Waals surface area (Å²) in [6.07, 6.45) is 0. The van der Waals surface area contributed by atoms with Gasteiger partial charge in [-0.2, -0.15) is 4.98 Å². The number of amides is 1. The SMILES string of the molecule is CCN(Cc1nc(-c2ccc(C)cc2)no1)C(=O)c1ccc2c(c1)OCO2. The molecule has 7 heteroatoms. The van der Waals surface area contributed by atoms with Crippen molar-refractivity contribution in [3.05, 3.63) is 59.5 Å². The second-order valence-corrected chi connectivity index (χ2v) is 6.27. The van der Waals surface area contributed by atoms with E-state index in [1.807, 2.05) is 38.1 Å².